The second-order valence-electron chi connectivity index (χ2n) is 5.88. The van der Waals surface area contributed by atoms with Crippen LogP contribution in [0.3, 0.4) is 0 Å². The summed E-state index contributed by atoms with van der Waals surface area (Å²) in [7, 11) is 0. The molecule has 1 saturated heterocycles. The van der Waals surface area contributed by atoms with E-state index in [1.165, 1.54) is 0 Å². The molecule has 132 valence electrons. The van der Waals surface area contributed by atoms with Gasteiger partial charge < -0.3 is 34.6 Å². The predicted octanol–water partition coefficient (Wildman–Crippen LogP) is -1.16. The summed E-state index contributed by atoms with van der Waals surface area (Å²) in [6.07, 6.45) is -5.58. The van der Waals surface area contributed by atoms with Gasteiger partial charge in [-0.05, 0) is 18.9 Å². The molecular formula is C15H24O8. The minimum absolute atomic E-state index is 0.0279. The summed E-state index contributed by atoms with van der Waals surface area (Å²) in [4.78, 5) is 11.8. The number of carbonyl (C=O) groups is 1. The van der Waals surface area contributed by atoms with Crippen LogP contribution in [0.15, 0.2) is 11.1 Å². The van der Waals surface area contributed by atoms with E-state index in [0.717, 1.165) is 5.57 Å². The quantitative estimate of drug-likeness (QED) is 0.465. The van der Waals surface area contributed by atoms with Crippen molar-refractivity contribution in [2.45, 2.75) is 63.5 Å². The highest BCUT2D eigenvalue weighted by Gasteiger charge is 2.44. The van der Waals surface area contributed by atoms with E-state index in [9.17, 15) is 20.1 Å². The standard InChI is InChI=1S/C15H24O8/c1-3-9-4-8(7(2)14(20)22-9)6-21-15-13(19)12(18)11(17)10(5-16)23-15/h9-13,15-19H,3-6H2,1-2H3. The van der Waals surface area contributed by atoms with Crippen LogP contribution in [-0.4, -0.2) is 76.4 Å². The molecule has 23 heavy (non-hydrogen) atoms. The molecule has 0 aliphatic carbocycles. The van der Waals surface area contributed by atoms with Crippen molar-refractivity contribution in [3.8, 4) is 0 Å². The third kappa shape index (κ3) is 3.90. The number of hydrogen-bond acceptors (Lipinski definition) is 8. The van der Waals surface area contributed by atoms with Gasteiger partial charge in [-0.15, -0.1) is 0 Å². The highest BCUT2D eigenvalue weighted by molar-refractivity contribution is 5.89. The van der Waals surface area contributed by atoms with E-state index in [1.54, 1.807) is 6.92 Å². The molecule has 0 amide bonds. The van der Waals surface area contributed by atoms with Crippen molar-refractivity contribution in [3.05, 3.63) is 11.1 Å². The summed E-state index contributed by atoms with van der Waals surface area (Å²) >= 11 is 0. The second-order valence-corrected chi connectivity index (χ2v) is 5.88. The minimum atomic E-state index is -1.49. The monoisotopic (exact) mass is 332 g/mol. The SMILES string of the molecule is CCC1CC(COC2OC(CO)C(O)C(O)C2O)=C(C)C(=O)O1. The molecular weight excluding hydrogens is 308 g/mol. The number of ether oxygens (including phenoxy) is 3. The fourth-order valence-corrected chi connectivity index (χ4v) is 2.64. The molecule has 6 atom stereocenters. The zero-order valence-electron chi connectivity index (χ0n) is 13.2. The van der Waals surface area contributed by atoms with E-state index in [-0.39, 0.29) is 12.7 Å². The summed E-state index contributed by atoms with van der Waals surface area (Å²) in [5.41, 5.74) is 1.20. The third-order valence-corrected chi connectivity index (χ3v) is 4.31. The normalized spacial score (nSPS) is 38.6. The van der Waals surface area contributed by atoms with Crippen molar-refractivity contribution in [1.29, 1.82) is 0 Å². The summed E-state index contributed by atoms with van der Waals surface area (Å²) in [5.74, 6) is -0.393. The van der Waals surface area contributed by atoms with E-state index in [2.05, 4.69) is 0 Å². The van der Waals surface area contributed by atoms with E-state index in [1.807, 2.05) is 6.92 Å². The Morgan fingerprint density at radius 1 is 1.22 bits per heavy atom. The lowest BCUT2D eigenvalue weighted by atomic mass is 9.98. The summed E-state index contributed by atoms with van der Waals surface area (Å²) < 4.78 is 16.0. The van der Waals surface area contributed by atoms with Crippen LogP contribution < -0.4 is 0 Å². The van der Waals surface area contributed by atoms with Crippen LogP contribution in [-0.2, 0) is 19.0 Å². The number of cyclic esters (lactones) is 1. The Hall–Kier alpha value is -1.03. The van der Waals surface area contributed by atoms with Gasteiger partial charge in [-0.25, -0.2) is 4.79 Å². The minimum Gasteiger partial charge on any atom is -0.459 e. The number of hydrogen-bond donors (Lipinski definition) is 4. The average Bonchev–Trinajstić information content (AvgIpc) is 2.55. The molecule has 0 aromatic carbocycles. The van der Waals surface area contributed by atoms with E-state index in [4.69, 9.17) is 19.3 Å². The van der Waals surface area contributed by atoms with Gasteiger partial charge in [0.25, 0.3) is 0 Å². The molecule has 2 aliphatic heterocycles. The summed E-state index contributed by atoms with van der Waals surface area (Å²) in [6.45, 7) is 3.06. The predicted molar refractivity (Wildman–Crippen MR) is 77.2 cm³/mol. The van der Waals surface area contributed by atoms with E-state index in [0.29, 0.717) is 18.4 Å². The van der Waals surface area contributed by atoms with Crippen LogP contribution in [0.1, 0.15) is 26.7 Å². The zero-order valence-corrected chi connectivity index (χ0v) is 13.2. The van der Waals surface area contributed by atoms with Gasteiger partial charge >= 0.3 is 5.97 Å². The van der Waals surface area contributed by atoms with Gasteiger partial charge in [0.05, 0.1) is 13.2 Å². The highest BCUT2D eigenvalue weighted by Crippen LogP contribution is 2.26. The third-order valence-electron chi connectivity index (χ3n) is 4.31. The van der Waals surface area contributed by atoms with E-state index < -0.39 is 43.3 Å². The average molecular weight is 332 g/mol. The van der Waals surface area contributed by atoms with Crippen LogP contribution >= 0.6 is 0 Å². The smallest absolute Gasteiger partial charge is 0.334 e. The lowest BCUT2D eigenvalue weighted by Crippen LogP contribution is -2.59. The summed E-state index contributed by atoms with van der Waals surface area (Å²) in [6, 6.07) is 0. The molecule has 2 rings (SSSR count). The van der Waals surface area contributed by atoms with Crippen LogP contribution in [0.25, 0.3) is 0 Å². The van der Waals surface area contributed by atoms with Gasteiger partial charge in [-0.1, -0.05) is 6.92 Å². The van der Waals surface area contributed by atoms with Gasteiger partial charge in [-0.3, -0.25) is 0 Å². The van der Waals surface area contributed by atoms with Crippen LogP contribution in [0.2, 0.25) is 0 Å². The first kappa shape index (κ1) is 18.3. The fraction of sp³-hybridized carbons (Fsp3) is 0.800. The maximum atomic E-state index is 11.8. The Balaban J connectivity index is 2.01. The van der Waals surface area contributed by atoms with Crippen LogP contribution in [0.5, 0.6) is 0 Å². The molecule has 2 heterocycles. The molecule has 2 aliphatic rings. The second kappa shape index (κ2) is 7.69. The molecule has 0 aromatic rings. The molecule has 8 nitrogen and oxygen atoms in total. The van der Waals surface area contributed by atoms with Crippen LogP contribution in [0.4, 0.5) is 0 Å². The van der Waals surface area contributed by atoms with Crippen molar-refractivity contribution in [3.63, 3.8) is 0 Å². The Kier molecular flexibility index (Phi) is 6.12. The maximum Gasteiger partial charge on any atom is 0.334 e. The van der Waals surface area contributed by atoms with Gasteiger partial charge in [0.1, 0.15) is 30.5 Å². The van der Waals surface area contributed by atoms with Crippen LogP contribution in [0, 0.1) is 0 Å². The molecule has 0 aromatic heterocycles. The van der Waals surface area contributed by atoms with Gasteiger partial charge in [-0.2, -0.15) is 0 Å². The van der Waals surface area contributed by atoms with Crippen molar-refractivity contribution in [1.82, 2.24) is 0 Å². The number of carbonyl (C=O) groups excluding carboxylic acids is 1. The molecule has 0 saturated carbocycles. The highest BCUT2D eigenvalue weighted by atomic mass is 16.7. The molecule has 1 fully saturated rings. The first-order valence-electron chi connectivity index (χ1n) is 7.70. The van der Waals surface area contributed by atoms with E-state index >= 15 is 0 Å². The summed E-state index contributed by atoms with van der Waals surface area (Å²) in [5, 5.41) is 38.5. The Morgan fingerprint density at radius 3 is 2.52 bits per heavy atom. The largest absolute Gasteiger partial charge is 0.459 e. The number of rotatable bonds is 5. The molecule has 0 spiro atoms. The van der Waals surface area contributed by atoms with Crippen molar-refractivity contribution in [2.75, 3.05) is 13.2 Å². The first-order chi connectivity index (χ1) is 10.9. The van der Waals surface area contributed by atoms with Crippen molar-refractivity contribution in [2.24, 2.45) is 0 Å². The van der Waals surface area contributed by atoms with Crippen molar-refractivity contribution >= 4 is 5.97 Å². The number of esters is 1. The van der Waals surface area contributed by atoms with Crippen molar-refractivity contribution < 1.29 is 39.4 Å². The first-order valence-corrected chi connectivity index (χ1v) is 7.70. The van der Waals surface area contributed by atoms with Gasteiger partial charge in [0.15, 0.2) is 6.29 Å². The lowest BCUT2D eigenvalue weighted by molar-refractivity contribution is -0.299. The lowest BCUT2D eigenvalue weighted by Gasteiger charge is -2.39. The maximum absolute atomic E-state index is 11.8. The number of aliphatic hydroxyl groups excluding tert-OH is 4. The fourth-order valence-electron chi connectivity index (χ4n) is 2.64. The van der Waals surface area contributed by atoms with Gasteiger partial charge in [0.2, 0.25) is 0 Å². The topological polar surface area (TPSA) is 126 Å². The zero-order chi connectivity index (χ0) is 17.1. The molecule has 0 bridgehead atoms. The number of aliphatic hydroxyl groups is 4. The van der Waals surface area contributed by atoms with Gasteiger partial charge in [0, 0.05) is 12.0 Å². The Labute approximate surface area is 134 Å². The molecule has 8 heteroatoms. The molecule has 0 radical (unpaired) electrons. The Morgan fingerprint density at radius 2 is 1.91 bits per heavy atom. The Bertz CT molecular complexity index is 460. The molecule has 4 N–H and O–H groups in total. The molecule has 6 unspecified atom stereocenters.